The zero-order chi connectivity index (χ0) is 23.2. The third kappa shape index (κ3) is 5.90. The van der Waals surface area contributed by atoms with E-state index in [0.717, 1.165) is 24.2 Å². The minimum Gasteiger partial charge on any atom is -0.439 e. The van der Waals surface area contributed by atoms with Crippen molar-refractivity contribution in [3.63, 3.8) is 0 Å². The highest BCUT2D eigenvalue weighted by Gasteiger charge is 2.20. The average molecular weight is 465 g/mol. The van der Waals surface area contributed by atoms with Crippen molar-refractivity contribution in [3.05, 3.63) is 76.9 Å². The lowest BCUT2D eigenvalue weighted by atomic mass is 9.84. The number of halogens is 1. The fourth-order valence-electron chi connectivity index (χ4n) is 4.07. The highest BCUT2D eigenvalue weighted by Crippen LogP contribution is 2.40. The summed E-state index contributed by atoms with van der Waals surface area (Å²) in [6.07, 6.45) is 7.48. The molecule has 4 rings (SSSR count). The molecule has 0 bridgehead atoms. The molecular formula is C26H25ClN2O4. The molecule has 1 saturated carbocycles. The number of carbonyl (C=O) groups excluding carboxylic acids is 2. The van der Waals surface area contributed by atoms with Crippen LogP contribution in [-0.4, -0.2) is 16.9 Å². The van der Waals surface area contributed by atoms with Crippen molar-refractivity contribution in [3.8, 4) is 17.4 Å². The summed E-state index contributed by atoms with van der Waals surface area (Å²) < 4.78 is 11.2. The van der Waals surface area contributed by atoms with Gasteiger partial charge in [0.05, 0.1) is 17.4 Å². The predicted molar refractivity (Wildman–Crippen MR) is 127 cm³/mol. The molecule has 0 atom stereocenters. The summed E-state index contributed by atoms with van der Waals surface area (Å²) >= 11 is 6.26. The van der Waals surface area contributed by atoms with Crippen LogP contribution in [0.2, 0.25) is 5.02 Å². The van der Waals surface area contributed by atoms with E-state index in [4.69, 9.17) is 21.1 Å². The Morgan fingerprint density at radius 1 is 1.00 bits per heavy atom. The van der Waals surface area contributed by atoms with Crippen molar-refractivity contribution in [2.45, 2.75) is 44.9 Å². The molecule has 1 N–H and O–H groups in total. The van der Waals surface area contributed by atoms with Gasteiger partial charge in [0.1, 0.15) is 11.5 Å². The van der Waals surface area contributed by atoms with Gasteiger partial charge in [-0.1, -0.05) is 43.0 Å². The number of benzene rings is 2. The second kappa shape index (κ2) is 10.5. The number of pyridine rings is 1. The van der Waals surface area contributed by atoms with E-state index in [1.165, 1.54) is 32.4 Å². The summed E-state index contributed by atoms with van der Waals surface area (Å²) in [5, 5.41) is 3.46. The molecule has 2 aromatic carbocycles. The summed E-state index contributed by atoms with van der Waals surface area (Å²) in [6.45, 7) is 1.29. The van der Waals surface area contributed by atoms with Crippen molar-refractivity contribution in [2.24, 2.45) is 0 Å². The van der Waals surface area contributed by atoms with Crippen LogP contribution in [0.5, 0.6) is 17.4 Å². The molecule has 0 saturated heterocycles. The second-order valence-electron chi connectivity index (χ2n) is 8.05. The highest BCUT2D eigenvalue weighted by molar-refractivity contribution is 6.30. The first-order valence-corrected chi connectivity index (χ1v) is 11.4. The zero-order valence-electron chi connectivity index (χ0n) is 18.3. The number of nitrogens with zero attached hydrogens (tertiary/aromatic N) is 1. The van der Waals surface area contributed by atoms with Gasteiger partial charge in [-0.3, -0.25) is 9.59 Å². The quantitative estimate of drug-likeness (QED) is 0.322. The Bertz CT molecular complexity index is 1140. The van der Waals surface area contributed by atoms with Gasteiger partial charge in [0.15, 0.2) is 0 Å². The number of ether oxygens (including phenoxy) is 2. The fourth-order valence-corrected chi connectivity index (χ4v) is 4.25. The standard InChI is InChI=1S/C26H25ClN2O4/c1-17(30)32-23-10-6-5-9-21(23)26(31)29-20-12-14-25(28-16-20)33-24-13-11-19(27)15-22(24)18-7-3-2-4-8-18/h5-6,9-16,18H,2-4,7-8H2,1H3,(H,29,31). The van der Waals surface area contributed by atoms with E-state index in [9.17, 15) is 9.59 Å². The summed E-state index contributed by atoms with van der Waals surface area (Å²) in [6, 6.07) is 15.7. The molecule has 1 aliphatic carbocycles. The normalized spacial score (nSPS) is 13.9. The Balaban J connectivity index is 1.47. The highest BCUT2D eigenvalue weighted by atomic mass is 35.5. The number of amides is 1. The lowest BCUT2D eigenvalue weighted by molar-refractivity contribution is -0.131. The van der Waals surface area contributed by atoms with Gasteiger partial charge in [0.2, 0.25) is 5.88 Å². The van der Waals surface area contributed by atoms with Gasteiger partial charge in [-0.2, -0.15) is 0 Å². The van der Waals surface area contributed by atoms with Crippen molar-refractivity contribution in [1.82, 2.24) is 4.98 Å². The van der Waals surface area contributed by atoms with Gasteiger partial charge < -0.3 is 14.8 Å². The Morgan fingerprint density at radius 3 is 2.52 bits per heavy atom. The minimum atomic E-state index is -0.492. The van der Waals surface area contributed by atoms with E-state index in [1.54, 1.807) is 36.4 Å². The first kappa shape index (κ1) is 22.8. The average Bonchev–Trinajstić information content (AvgIpc) is 2.82. The molecule has 1 fully saturated rings. The summed E-state index contributed by atoms with van der Waals surface area (Å²) in [4.78, 5) is 28.3. The molecule has 170 valence electrons. The molecular weight excluding hydrogens is 440 g/mol. The van der Waals surface area contributed by atoms with Gasteiger partial charge in [0.25, 0.3) is 5.91 Å². The topological polar surface area (TPSA) is 77.5 Å². The minimum absolute atomic E-state index is 0.202. The van der Waals surface area contributed by atoms with Gasteiger partial charge in [-0.25, -0.2) is 4.98 Å². The molecule has 0 radical (unpaired) electrons. The summed E-state index contributed by atoms with van der Waals surface area (Å²) in [5.74, 6) is 0.920. The number of nitrogens with one attached hydrogen (secondary N) is 1. The Kier molecular flexibility index (Phi) is 7.25. The predicted octanol–water partition coefficient (Wildman–Crippen LogP) is 6.75. The number of hydrogen-bond acceptors (Lipinski definition) is 5. The van der Waals surface area contributed by atoms with E-state index < -0.39 is 11.9 Å². The largest absolute Gasteiger partial charge is 0.439 e. The lowest BCUT2D eigenvalue weighted by Gasteiger charge is -2.24. The summed E-state index contributed by atoms with van der Waals surface area (Å²) in [5.41, 5.74) is 1.86. The van der Waals surface area contributed by atoms with E-state index in [0.29, 0.717) is 22.5 Å². The Labute approximate surface area is 197 Å². The van der Waals surface area contributed by atoms with Crippen LogP contribution in [0.3, 0.4) is 0 Å². The van der Waals surface area contributed by atoms with Crippen LogP contribution in [0.15, 0.2) is 60.8 Å². The van der Waals surface area contributed by atoms with E-state index >= 15 is 0 Å². The fraction of sp³-hybridized carbons (Fsp3) is 0.269. The Hall–Kier alpha value is -3.38. The molecule has 0 unspecified atom stereocenters. The van der Waals surface area contributed by atoms with E-state index in [1.807, 2.05) is 18.2 Å². The molecule has 7 heteroatoms. The maximum absolute atomic E-state index is 12.7. The first-order valence-electron chi connectivity index (χ1n) is 11.0. The van der Waals surface area contributed by atoms with Crippen LogP contribution in [0.1, 0.15) is 60.9 Å². The molecule has 1 amide bonds. The molecule has 0 spiro atoms. The number of esters is 1. The van der Waals surface area contributed by atoms with Crippen molar-refractivity contribution in [1.29, 1.82) is 0 Å². The van der Waals surface area contributed by atoms with E-state index in [-0.39, 0.29) is 11.3 Å². The molecule has 0 aliphatic heterocycles. The number of rotatable bonds is 6. The third-order valence-corrected chi connectivity index (χ3v) is 5.85. The van der Waals surface area contributed by atoms with Crippen molar-refractivity contribution >= 4 is 29.2 Å². The number of anilines is 1. The van der Waals surface area contributed by atoms with Crippen LogP contribution in [0, 0.1) is 0 Å². The molecule has 6 nitrogen and oxygen atoms in total. The van der Waals surface area contributed by atoms with Crippen molar-refractivity contribution in [2.75, 3.05) is 5.32 Å². The van der Waals surface area contributed by atoms with Crippen LogP contribution < -0.4 is 14.8 Å². The molecule has 3 aromatic rings. The molecule has 1 heterocycles. The number of para-hydroxylation sites is 1. The van der Waals surface area contributed by atoms with Crippen LogP contribution in [0.4, 0.5) is 5.69 Å². The van der Waals surface area contributed by atoms with Crippen LogP contribution >= 0.6 is 11.6 Å². The lowest BCUT2D eigenvalue weighted by Crippen LogP contribution is -2.15. The molecule has 1 aliphatic rings. The van der Waals surface area contributed by atoms with E-state index in [2.05, 4.69) is 10.3 Å². The maximum atomic E-state index is 12.7. The SMILES string of the molecule is CC(=O)Oc1ccccc1C(=O)Nc1ccc(Oc2ccc(Cl)cc2C2CCCCC2)nc1. The van der Waals surface area contributed by atoms with Crippen molar-refractivity contribution < 1.29 is 19.1 Å². The third-order valence-electron chi connectivity index (χ3n) is 5.61. The number of carbonyl (C=O) groups is 2. The maximum Gasteiger partial charge on any atom is 0.308 e. The first-order chi connectivity index (χ1) is 16.0. The zero-order valence-corrected chi connectivity index (χ0v) is 19.1. The summed E-state index contributed by atoms with van der Waals surface area (Å²) in [7, 11) is 0. The van der Waals surface area contributed by atoms with Gasteiger partial charge in [0, 0.05) is 18.0 Å². The number of aromatic nitrogens is 1. The Morgan fingerprint density at radius 2 is 1.79 bits per heavy atom. The smallest absolute Gasteiger partial charge is 0.308 e. The van der Waals surface area contributed by atoms with Crippen LogP contribution in [-0.2, 0) is 4.79 Å². The van der Waals surface area contributed by atoms with Gasteiger partial charge in [-0.15, -0.1) is 0 Å². The second-order valence-corrected chi connectivity index (χ2v) is 8.48. The number of hydrogen-bond donors (Lipinski definition) is 1. The molecule has 33 heavy (non-hydrogen) atoms. The molecule has 1 aromatic heterocycles. The van der Waals surface area contributed by atoms with Gasteiger partial charge >= 0.3 is 5.97 Å². The van der Waals surface area contributed by atoms with Crippen LogP contribution in [0.25, 0.3) is 0 Å². The monoisotopic (exact) mass is 464 g/mol. The van der Waals surface area contributed by atoms with Gasteiger partial charge in [-0.05, 0) is 60.7 Å².